The van der Waals surface area contributed by atoms with Gasteiger partial charge in [0, 0.05) is 20.9 Å². The third-order valence-electron chi connectivity index (χ3n) is 6.46. The van der Waals surface area contributed by atoms with Gasteiger partial charge in [-0.15, -0.1) is 11.3 Å². The number of thiophene rings is 1. The fourth-order valence-corrected chi connectivity index (χ4v) is 6.18. The Bertz CT molecular complexity index is 1020. The Morgan fingerprint density at radius 1 is 1.03 bits per heavy atom. The van der Waals surface area contributed by atoms with Gasteiger partial charge in [-0.2, -0.15) is 0 Å². The van der Waals surface area contributed by atoms with Gasteiger partial charge < -0.3 is 4.74 Å². The van der Waals surface area contributed by atoms with E-state index >= 15 is 0 Å². The van der Waals surface area contributed by atoms with Gasteiger partial charge in [-0.25, -0.2) is 4.79 Å². The second-order valence-corrected chi connectivity index (χ2v) is 10.6. The topological polar surface area (TPSA) is 43.4 Å². The summed E-state index contributed by atoms with van der Waals surface area (Å²) in [5.74, 6) is -0.163. The summed E-state index contributed by atoms with van der Waals surface area (Å²) in [6.07, 6.45) is 5.95. The first kappa shape index (κ1) is 20.1. The zero-order valence-corrected chi connectivity index (χ0v) is 18.7. The lowest BCUT2D eigenvalue weighted by Gasteiger charge is -2.40. The number of benzene rings is 1. The Morgan fingerprint density at radius 3 is 2.34 bits per heavy atom. The van der Waals surface area contributed by atoms with Crippen LogP contribution in [0.1, 0.15) is 88.6 Å². The number of allylic oxidation sites excluding steroid dienone is 1. The van der Waals surface area contributed by atoms with Gasteiger partial charge in [-0.05, 0) is 65.8 Å². The zero-order chi connectivity index (χ0) is 21.0. The minimum atomic E-state index is -0.350. The molecule has 0 spiro atoms. The van der Waals surface area contributed by atoms with Crippen molar-refractivity contribution in [3.8, 4) is 0 Å². The molecule has 2 aliphatic rings. The van der Waals surface area contributed by atoms with Crippen LogP contribution in [0.5, 0.6) is 0 Å². The molecule has 3 nitrogen and oxygen atoms in total. The van der Waals surface area contributed by atoms with E-state index in [1.807, 2.05) is 29.5 Å². The van der Waals surface area contributed by atoms with E-state index in [2.05, 4.69) is 27.7 Å². The number of methoxy groups -OCH3 is 1. The molecule has 0 fully saturated rings. The second-order valence-electron chi connectivity index (χ2n) is 9.48. The molecule has 0 unspecified atom stereocenters. The zero-order valence-electron chi connectivity index (χ0n) is 17.8. The number of fused-ring (bicyclic) bond motifs is 3. The number of ketones is 1. The molecule has 2 aromatic rings. The van der Waals surface area contributed by atoms with Crippen molar-refractivity contribution in [2.45, 2.75) is 64.2 Å². The molecular formula is C25H28O3S. The molecule has 4 heteroatoms. The first-order chi connectivity index (χ1) is 13.6. The molecule has 0 N–H and O–H groups in total. The SMILES string of the molecule is COC(=O)c1ccc(/C=C2\CCc3sc4c(c3C2=O)C(C)(C)CCC4(C)C)cc1. The van der Waals surface area contributed by atoms with E-state index in [-0.39, 0.29) is 22.6 Å². The molecule has 0 saturated heterocycles. The van der Waals surface area contributed by atoms with Crippen LogP contribution in [-0.4, -0.2) is 18.9 Å². The summed E-state index contributed by atoms with van der Waals surface area (Å²) < 4.78 is 4.76. The van der Waals surface area contributed by atoms with Crippen LogP contribution in [0.25, 0.3) is 6.08 Å². The fourth-order valence-electron chi connectivity index (χ4n) is 4.57. The van der Waals surface area contributed by atoms with Gasteiger partial charge in [0.25, 0.3) is 0 Å². The third kappa shape index (κ3) is 3.38. The van der Waals surface area contributed by atoms with Gasteiger partial charge in [0.1, 0.15) is 0 Å². The van der Waals surface area contributed by atoms with E-state index in [4.69, 9.17) is 4.74 Å². The minimum absolute atomic E-state index is 0.0369. The first-order valence-electron chi connectivity index (χ1n) is 10.2. The summed E-state index contributed by atoms with van der Waals surface area (Å²) in [4.78, 5) is 27.9. The number of rotatable bonds is 2. The summed E-state index contributed by atoms with van der Waals surface area (Å²) in [5, 5.41) is 0. The van der Waals surface area contributed by atoms with Crippen LogP contribution >= 0.6 is 11.3 Å². The van der Waals surface area contributed by atoms with E-state index < -0.39 is 0 Å². The number of hydrogen-bond donors (Lipinski definition) is 0. The van der Waals surface area contributed by atoms with Gasteiger partial charge in [-0.3, -0.25) is 4.79 Å². The lowest BCUT2D eigenvalue weighted by Crippen LogP contribution is -2.34. The van der Waals surface area contributed by atoms with Crippen molar-refractivity contribution in [2.24, 2.45) is 0 Å². The minimum Gasteiger partial charge on any atom is -0.465 e. The molecule has 0 radical (unpaired) electrons. The van der Waals surface area contributed by atoms with Crippen molar-refractivity contribution in [3.63, 3.8) is 0 Å². The molecule has 152 valence electrons. The summed E-state index contributed by atoms with van der Waals surface area (Å²) in [7, 11) is 1.38. The Labute approximate surface area is 176 Å². The Kier molecular flexibility index (Phi) is 4.81. The number of carbonyl (C=O) groups is 2. The lowest BCUT2D eigenvalue weighted by molar-refractivity contribution is 0.0600. The molecular weight excluding hydrogens is 380 g/mol. The maximum absolute atomic E-state index is 13.5. The number of aryl methyl sites for hydroxylation is 1. The van der Waals surface area contributed by atoms with Gasteiger partial charge >= 0.3 is 5.97 Å². The standard InChI is InChI=1S/C25H28O3S/c1-24(2)12-13-25(3,4)22-20(24)19-18(29-22)11-10-17(21(19)26)14-15-6-8-16(9-7-15)23(27)28-5/h6-9,14H,10-13H2,1-5H3/b17-14+. The molecule has 0 amide bonds. The lowest BCUT2D eigenvalue weighted by atomic mass is 9.64. The third-order valence-corrected chi connectivity index (χ3v) is 8.08. The van der Waals surface area contributed by atoms with Crippen LogP contribution < -0.4 is 0 Å². The number of hydrogen-bond acceptors (Lipinski definition) is 4. The number of carbonyl (C=O) groups excluding carboxylic acids is 2. The van der Waals surface area contributed by atoms with E-state index in [1.165, 1.54) is 22.4 Å². The van der Waals surface area contributed by atoms with Crippen LogP contribution in [0, 0.1) is 0 Å². The van der Waals surface area contributed by atoms with E-state index in [1.54, 1.807) is 12.1 Å². The molecule has 1 heterocycles. The maximum Gasteiger partial charge on any atom is 0.337 e. The van der Waals surface area contributed by atoms with Crippen molar-refractivity contribution in [2.75, 3.05) is 7.11 Å². The van der Waals surface area contributed by atoms with Gasteiger partial charge in [0.15, 0.2) is 5.78 Å². The highest BCUT2D eigenvalue weighted by Gasteiger charge is 2.44. The van der Waals surface area contributed by atoms with Crippen LogP contribution in [0.15, 0.2) is 29.8 Å². The number of Topliss-reactive ketones (excluding diaryl/α,β-unsaturated/α-hetero) is 1. The van der Waals surface area contributed by atoms with Crippen molar-refractivity contribution < 1.29 is 14.3 Å². The molecule has 0 aliphatic heterocycles. The Hall–Kier alpha value is -2.20. The summed E-state index contributed by atoms with van der Waals surface area (Å²) in [5.41, 5.74) is 4.77. The number of esters is 1. The molecule has 0 bridgehead atoms. The summed E-state index contributed by atoms with van der Waals surface area (Å²) in [6.45, 7) is 9.19. The number of ether oxygens (including phenoxy) is 1. The fraction of sp³-hybridized carbons (Fsp3) is 0.440. The Balaban J connectivity index is 1.73. The predicted molar refractivity (Wildman–Crippen MR) is 118 cm³/mol. The smallest absolute Gasteiger partial charge is 0.337 e. The highest BCUT2D eigenvalue weighted by Crippen LogP contribution is 2.53. The van der Waals surface area contributed by atoms with Crippen LogP contribution in [0.3, 0.4) is 0 Å². The quantitative estimate of drug-likeness (QED) is 0.446. The van der Waals surface area contributed by atoms with Gasteiger partial charge in [0.05, 0.1) is 12.7 Å². The summed E-state index contributed by atoms with van der Waals surface area (Å²) in [6, 6.07) is 7.24. The van der Waals surface area contributed by atoms with Crippen molar-refractivity contribution in [1.29, 1.82) is 0 Å². The Morgan fingerprint density at radius 2 is 1.69 bits per heavy atom. The molecule has 1 aromatic carbocycles. The molecule has 0 saturated carbocycles. The molecule has 4 rings (SSSR count). The van der Waals surface area contributed by atoms with E-state index in [0.717, 1.165) is 42.4 Å². The molecule has 2 aliphatic carbocycles. The van der Waals surface area contributed by atoms with Crippen LogP contribution in [0.4, 0.5) is 0 Å². The highest BCUT2D eigenvalue weighted by molar-refractivity contribution is 7.12. The maximum atomic E-state index is 13.5. The molecule has 29 heavy (non-hydrogen) atoms. The van der Waals surface area contributed by atoms with Crippen molar-refractivity contribution in [1.82, 2.24) is 0 Å². The van der Waals surface area contributed by atoms with E-state index in [0.29, 0.717) is 5.56 Å². The predicted octanol–water partition coefficient (Wildman–Crippen LogP) is 6.10. The highest BCUT2D eigenvalue weighted by atomic mass is 32.1. The second kappa shape index (κ2) is 6.94. The van der Waals surface area contributed by atoms with Crippen molar-refractivity contribution >= 4 is 29.2 Å². The summed E-state index contributed by atoms with van der Waals surface area (Å²) >= 11 is 1.87. The molecule has 1 aromatic heterocycles. The van der Waals surface area contributed by atoms with Crippen molar-refractivity contribution in [3.05, 3.63) is 61.8 Å². The van der Waals surface area contributed by atoms with Crippen LogP contribution in [-0.2, 0) is 22.0 Å². The monoisotopic (exact) mass is 408 g/mol. The first-order valence-corrected chi connectivity index (χ1v) is 11.1. The average molecular weight is 409 g/mol. The van der Waals surface area contributed by atoms with E-state index in [9.17, 15) is 9.59 Å². The largest absolute Gasteiger partial charge is 0.465 e. The average Bonchev–Trinajstić information content (AvgIpc) is 3.11. The van der Waals surface area contributed by atoms with Crippen LogP contribution in [0.2, 0.25) is 0 Å². The van der Waals surface area contributed by atoms with Gasteiger partial charge in [0.2, 0.25) is 0 Å². The van der Waals surface area contributed by atoms with Gasteiger partial charge in [-0.1, -0.05) is 39.8 Å². The normalized spacial score (nSPS) is 20.9. The molecule has 0 atom stereocenters.